The van der Waals surface area contributed by atoms with Gasteiger partial charge in [0.15, 0.2) is 5.58 Å². The summed E-state index contributed by atoms with van der Waals surface area (Å²) in [6, 6.07) is 11.7. The Labute approximate surface area is 135 Å². The molecule has 4 heteroatoms. The van der Waals surface area contributed by atoms with Crippen LogP contribution in [0.3, 0.4) is 0 Å². The summed E-state index contributed by atoms with van der Waals surface area (Å²) >= 11 is 0. The number of fused-ring (bicyclic) bond motifs is 1. The molecule has 0 atom stereocenters. The number of oxazole rings is 1. The van der Waals surface area contributed by atoms with E-state index in [1.807, 2.05) is 57.2 Å². The second-order valence-electron chi connectivity index (χ2n) is 5.77. The molecular formula is C19H20N2O2. The van der Waals surface area contributed by atoms with Crippen molar-refractivity contribution in [3.05, 3.63) is 47.5 Å². The van der Waals surface area contributed by atoms with Crippen LogP contribution in [0.15, 0.2) is 40.8 Å². The lowest BCUT2D eigenvalue weighted by atomic mass is 10.1. The maximum Gasteiger partial charge on any atom is 0.227 e. The first kappa shape index (κ1) is 15.3. The lowest BCUT2D eigenvalue weighted by molar-refractivity contribution is -0.116. The topological polar surface area (TPSA) is 55.1 Å². The zero-order chi connectivity index (χ0) is 16.4. The second kappa shape index (κ2) is 6.24. The normalized spacial score (nSPS) is 10.9. The molecule has 0 unspecified atom stereocenters. The monoisotopic (exact) mass is 308 g/mol. The third kappa shape index (κ3) is 3.11. The fraction of sp³-hybridized carbons (Fsp3) is 0.263. The van der Waals surface area contributed by atoms with Gasteiger partial charge >= 0.3 is 0 Å². The van der Waals surface area contributed by atoms with Crippen molar-refractivity contribution in [2.45, 2.75) is 33.6 Å². The molecule has 1 heterocycles. The molecule has 0 spiro atoms. The maximum atomic E-state index is 11.8. The van der Waals surface area contributed by atoms with E-state index in [4.69, 9.17) is 4.42 Å². The fourth-order valence-electron chi connectivity index (χ4n) is 2.60. The van der Waals surface area contributed by atoms with Crippen molar-refractivity contribution in [1.82, 2.24) is 4.98 Å². The third-order valence-electron chi connectivity index (χ3n) is 3.86. The molecule has 3 aromatic rings. The second-order valence-corrected chi connectivity index (χ2v) is 5.77. The number of hydrogen-bond donors (Lipinski definition) is 1. The predicted molar refractivity (Wildman–Crippen MR) is 92.5 cm³/mol. The lowest BCUT2D eigenvalue weighted by Crippen LogP contribution is -2.11. The van der Waals surface area contributed by atoms with E-state index >= 15 is 0 Å². The van der Waals surface area contributed by atoms with E-state index in [9.17, 15) is 4.79 Å². The molecule has 1 N–H and O–H groups in total. The molecule has 3 rings (SSSR count). The number of aryl methyl sites for hydroxylation is 1. The minimum absolute atomic E-state index is 0.0286. The van der Waals surface area contributed by atoms with Crippen molar-refractivity contribution in [3.8, 4) is 11.5 Å². The van der Waals surface area contributed by atoms with Crippen LogP contribution in [0.4, 0.5) is 5.69 Å². The van der Waals surface area contributed by atoms with Gasteiger partial charge in [0.25, 0.3) is 0 Å². The fourth-order valence-corrected chi connectivity index (χ4v) is 2.60. The Morgan fingerprint density at radius 1 is 1.22 bits per heavy atom. The molecule has 2 aromatic carbocycles. The Kier molecular flexibility index (Phi) is 4.15. The van der Waals surface area contributed by atoms with Crippen molar-refractivity contribution in [2.75, 3.05) is 5.32 Å². The van der Waals surface area contributed by atoms with Crippen molar-refractivity contribution >= 4 is 22.7 Å². The van der Waals surface area contributed by atoms with Gasteiger partial charge in [-0.05, 0) is 55.7 Å². The SMILES string of the molecule is CCCC(=O)Nc1cccc(-c2nc3cc(C)ccc3o2)c1C. The minimum atomic E-state index is 0.0286. The number of benzene rings is 2. The van der Waals surface area contributed by atoms with Crippen LogP contribution >= 0.6 is 0 Å². The molecular weight excluding hydrogens is 288 g/mol. The molecule has 118 valence electrons. The highest BCUT2D eigenvalue weighted by atomic mass is 16.3. The summed E-state index contributed by atoms with van der Waals surface area (Å²) < 4.78 is 5.87. The van der Waals surface area contributed by atoms with E-state index in [0.717, 1.165) is 39.9 Å². The Bertz CT molecular complexity index is 865. The molecule has 0 bridgehead atoms. The first-order valence-electron chi connectivity index (χ1n) is 7.85. The van der Waals surface area contributed by atoms with Gasteiger partial charge in [-0.2, -0.15) is 0 Å². The number of carbonyl (C=O) groups is 1. The van der Waals surface area contributed by atoms with E-state index in [1.165, 1.54) is 0 Å². The number of nitrogens with zero attached hydrogens (tertiary/aromatic N) is 1. The zero-order valence-electron chi connectivity index (χ0n) is 13.6. The average Bonchev–Trinajstić information content (AvgIpc) is 2.92. The van der Waals surface area contributed by atoms with Gasteiger partial charge in [0.1, 0.15) is 5.52 Å². The third-order valence-corrected chi connectivity index (χ3v) is 3.86. The van der Waals surface area contributed by atoms with Crippen LogP contribution < -0.4 is 5.32 Å². The number of carbonyl (C=O) groups excluding carboxylic acids is 1. The zero-order valence-corrected chi connectivity index (χ0v) is 13.6. The van der Waals surface area contributed by atoms with E-state index in [1.54, 1.807) is 0 Å². The summed E-state index contributed by atoms with van der Waals surface area (Å²) in [5.74, 6) is 0.607. The van der Waals surface area contributed by atoms with E-state index in [-0.39, 0.29) is 5.91 Å². The van der Waals surface area contributed by atoms with Crippen molar-refractivity contribution in [2.24, 2.45) is 0 Å². The number of nitrogens with one attached hydrogen (secondary N) is 1. The van der Waals surface area contributed by atoms with Gasteiger partial charge in [0.2, 0.25) is 11.8 Å². The summed E-state index contributed by atoms with van der Waals surface area (Å²) in [4.78, 5) is 16.4. The van der Waals surface area contributed by atoms with Crippen LogP contribution in [0.2, 0.25) is 0 Å². The van der Waals surface area contributed by atoms with Gasteiger partial charge < -0.3 is 9.73 Å². The molecule has 1 aromatic heterocycles. The van der Waals surface area contributed by atoms with Crippen LogP contribution in [-0.4, -0.2) is 10.9 Å². The summed E-state index contributed by atoms with van der Waals surface area (Å²) in [7, 11) is 0. The Hall–Kier alpha value is -2.62. The number of rotatable bonds is 4. The molecule has 0 aliphatic heterocycles. The first-order valence-corrected chi connectivity index (χ1v) is 7.85. The van der Waals surface area contributed by atoms with Gasteiger partial charge in [-0.25, -0.2) is 4.98 Å². The van der Waals surface area contributed by atoms with Gasteiger partial charge in [-0.15, -0.1) is 0 Å². The molecule has 0 aliphatic carbocycles. The predicted octanol–water partition coefficient (Wildman–Crippen LogP) is 4.85. The van der Waals surface area contributed by atoms with Gasteiger partial charge in [0.05, 0.1) is 0 Å². The van der Waals surface area contributed by atoms with Crippen LogP contribution in [0, 0.1) is 13.8 Å². The molecule has 0 saturated carbocycles. The minimum Gasteiger partial charge on any atom is -0.436 e. The Morgan fingerprint density at radius 3 is 2.83 bits per heavy atom. The van der Waals surface area contributed by atoms with E-state index in [2.05, 4.69) is 10.3 Å². The lowest BCUT2D eigenvalue weighted by Gasteiger charge is -2.10. The Morgan fingerprint density at radius 2 is 2.04 bits per heavy atom. The van der Waals surface area contributed by atoms with Gasteiger partial charge in [-0.1, -0.05) is 19.1 Å². The molecule has 23 heavy (non-hydrogen) atoms. The number of aromatic nitrogens is 1. The maximum absolute atomic E-state index is 11.8. The van der Waals surface area contributed by atoms with Gasteiger partial charge in [0, 0.05) is 17.7 Å². The molecule has 0 radical (unpaired) electrons. The van der Waals surface area contributed by atoms with Crippen molar-refractivity contribution in [3.63, 3.8) is 0 Å². The van der Waals surface area contributed by atoms with Crippen LogP contribution in [0.25, 0.3) is 22.6 Å². The number of anilines is 1. The van der Waals surface area contributed by atoms with E-state index in [0.29, 0.717) is 12.3 Å². The van der Waals surface area contributed by atoms with Crippen LogP contribution in [-0.2, 0) is 4.79 Å². The smallest absolute Gasteiger partial charge is 0.227 e. The summed E-state index contributed by atoms with van der Waals surface area (Å²) in [5, 5.41) is 2.96. The first-order chi connectivity index (χ1) is 11.1. The molecule has 0 aliphatic rings. The summed E-state index contributed by atoms with van der Waals surface area (Å²) in [5.41, 5.74) is 5.42. The summed E-state index contributed by atoms with van der Waals surface area (Å²) in [6.45, 7) is 5.99. The van der Waals surface area contributed by atoms with E-state index < -0.39 is 0 Å². The largest absolute Gasteiger partial charge is 0.436 e. The highest BCUT2D eigenvalue weighted by Gasteiger charge is 2.13. The van der Waals surface area contributed by atoms with Crippen LogP contribution in [0.5, 0.6) is 0 Å². The van der Waals surface area contributed by atoms with Crippen molar-refractivity contribution in [1.29, 1.82) is 0 Å². The summed E-state index contributed by atoms with van der Waals surface area (Å²) in [6.07, 6.45) is 1.35. The molecule has 4 nitrogen and oxygen atoms in total. The highest BCUT2D eigenvalue weighted by Crippen LogP contribution is 2.30. The van der Waals surface area contributed by atoms with Crippen LogP contribution in [0.1, 0.15) is 30.9 Å². The Balaban J connectivity index is 1.99. The number of amides is 1. The molecule has 0 fully saturated rings. The number of hydrogen-bond acceptors (Lipinski definition) is 3. The van der Waals surface area contributed by atoms with Gasteiger partial charge in [-0.3, -0.25) is 4.79 Å². The highest BCUT2D eigenvalue weighted by molar-refractivity contribution is 5.92. The molecule has 0 saturated heterocycles. The molecule has 1 amide bonds. The quantitative estimate of drug-likeness (QED) is 0.749. The standard InChI is InChI=1S/C19H20N2O2/c1-4-6-18(22)20-15-8-5-7-14(13(15)3)19-21-16-11-12(2)9-10-17(16)23-19/h5,7-11H,4,6H2,1-3H3,(H,20,22). The van der Waals surface area contributed by atoms with Crippen molar-refractivity contribution < 1.29 is 9.21 Å². The average molecular weight is 308 g/mol.